The second-order valence-electron chi connectivity index (χ2n) is 12.4. The number of aromatic nitrogens is 1. The number of hydrogen-bond acceptors (Lipinski definition) is 5. The fraction of sp³-hybridized carbons (Fsp3) is 0.486. The molecule has 5 nitrogen and oxygen atoms in total. The lowest BCUT2D eigenvalue weighted by Gasteiger charge is -2.34. The van der Waals surface area contributed by atoms with Crippen molar-refractivity contribution in [1.82, 2.24) is 4.98 Å². The highest BCUT2D eigenvalue weighted by atomic mass is 19.1. The number of benzene rings is 2. The number of carbonyl (C=O) groups is 1. The third kappa shape index (κ3) is 6.58. The average molecular weight is 560 g/mol. The van der Waals surface area contributed by atoms with Gasteiger partial charge in [-0.1, -0.05) is 50.6 Å². The molecule has 3 atom stereocenters. The molecule has 2 aliphatic carbocycles. The fourth-order valence-corrected chi connectivity index (χ4v) is 6.74. The molecule has 0 unspecified atom stereocenters. The van der Waals surface area contributed by atoms with Gasteiger partial charge >= 0.3 is 5.97 Å². The first-order chi connectivity index (χ1) is 19.8. The number of halogens is 1. The Morgan fingerprint density at radius 2 is 1.78 bits per heavy atom. The van der Waals surface area contributed by atoms with E-state index < -0.39 is 0 Å². The monoisotopic (exact) mass is 559 g/mol. The van der Waals surface area contributed by atoms with Crippen LogP contribution in [0.3, 0.4) is 0 Å². The molecule has 2 fully saturated rings. The first-order valence-corrected chi connectivity index (χ1v) is 14.9. The van der Waals surface area contributed by atoms with Gasteiger partial charge in [0.2, 0.25) is 5.88 Å². The van der Waals surface area contributed by atoms with Gasteiger partial charge in [-0.3, -0.25) is 4.79 Å². The molecule has 6 heteroatoms. The summed E-state index contributed by atoms with van der Waals surface area (Å²) in [7, 11) is 3.03. The van der Waals surface area contributed by atoms with Gasteiger partial charge in [0.25, 0.3) is 0 Å². The first-order valence-electron chi connectivity index (χ1n) is 14.9. The minimum atomic E-state index is -0.345. The molecule has 1 heterocycles. The highest BCUT2D eigenvalue weighted by Gasteiger charge is 2.38. The van der Waals surface area contributed by atoms with Crippen LogP contribution in [-0.2, 0) is 22.6 Å². The first kappa shape index (κ1) is 29.1. The number of nitrogens with zero attached hydrogens (tertiary/aromatic N) is 1. The molecule has 0 radical (unpaired) electrons. The third-order valence-electron chi connectivity index (χ3n) is 9.37. The number of aryl methyl sites for hydroxylation is 1. The number of hydrogen-bond donors (Lipinski definition) is 0. The van der Waals surface area contributed by atoms with Crippen LogP contribution in [0, 0.1) is 23.1 Å². The Hall–Kier alpha value is -3.41. The Kier molecular flexibility index (Phi) is 8.96. The van der Waals surface area contributed by atoms with Gasteiger partial charge in [0.05, 0.1) is 26.3 Å². The van der Waals surface area contributed by atoms with E-state index in [-0.39, 0.29) is 23.1 Å². The van der Waals surface area contributed by atoms with Crippen molar-refractivity contribution in [3.63, 3.8) is 0 Å². The molecule has 0 bridgehead atoms. The molecule has 0 saturated heterocycles. The maximum atomic E-state index is 15.0. The lowest BCUT2D eigenvalue weighted by atomic mass is 9.71. The van der Waals surface area contributed by atoms with E-state index in [1.54, 1.807) is 13.2 Å². The minimum absolute atomic E-state index is 0.0544. The molecule has 0 spiro atoms. The van der Waals surface area contributed by atoms with Crippen molar-refractivity contribution in [3.8, 4) is 22.8 Å². The molecule has 5 rings (SSSR count). The van der Waals surface area contributed by atoms with Crippen LogP contribution in [0.1, 0.15) is 81.4 Å². The van der Waals surface area contributed by atoms with Crippen molar-refractivity contribution in [1.29, 1.82) is 0 Å². The molecule has 218 valence electrons. The maximum Gasteiger partial charge on any atom is 0.308 e. The van der Waals surface area contributed by atoms with Crippen LogP contribution in [-0.4, -0.2) is 25.2 Å². The van der Waals surface area contributed by atoms with Crippen LogP contribution >= 0.6 is 0 Å². The molecule has 0 N–H and O–H groups in total. The zero-order chi connectivity index (χ0) is 29.0. The number of rotatable bonds is 11. The summed E-state index contributed by atoms with van der Waals surface area (Å²) in [5, 5.41) is 0. The van der Waals surface area contributed by atoms with Crippen LogP contribution in [0.4, 0.5) is 4.39 Å². The third-order valence-corrected chi connectivity index (χ3v) is 9.37. The number of esters is 1. The SMILES string of the molecule is COC(=O)[C@@H]1CC[C@H]1CCCc1ccc(OCc2ccc(-c3cc(OC)ncc3F)c([C@@H]3CCCC3(C)C)c2)cc1. The standard InChI is InChI=1S/C35H42FNO4/c1-35(2)18-6-9-31(35)29-19-24(12-16-28(29)30-20-33(39-3)37-21-32(30)36)22-41-26-14-10-23(11-15-26)7-5-8-25-13-17-27(25)34(38)40-4/h10-12,14-16,19-21,25,27,31H,5-9,13,17-18,22H2,1-4H3/t25-,27-,31+/m1/s1. The molecular weight excluding hydrogens is 517 g/mol. The Morgan fingerprint density at radius 1 is 1.00 bits per heavy atom. The van der Waals surface area contributed by atoms with Gasteiger partial charge in [-0.25, -0.2) is 9.37 Å². The van der Waals surface area contributed by atoms with Crippen molar-refractivity contribution in [3.05, 3.63) is 77.2 Å². The van der Waals surface area contributed by atoms with Gasteiger partial charge < -0.3 is 14.2 Å². The molecule has 2 saturated carbocycles. The topological polar surface area (TPSA) is 57.7 Å². The zero-order valence-corrected chi connectivity index (χ0v) is 24.8. The van der Waals surface area contributed by atoms with E-state index in [2.05, 4.69) is 37.0 Å². The van der Waals surface area contributed by atoms with Gasteiger partial charge in [-0.15, -0.1) is 0 Å². The Balaban J connectivity index is 1.25. The molecule has 3 aromatic rings. The average Bonchev–Trinajstić information content (AvgIpc) is 3.32. The molecule has 2 aliphatic rings. The van der Waals surface area contributed by atoms with Gasteiger partial charge in [0.1, 0.15) is 18.2 Å². The van der Waals surface area contributed by atoms with E-state index in [4.69, 9.17) is 14.2 Å². The highest BCUT2D eigenvalue weighted by molar-refractivity contribution is 5.73. The van der Waals surface area contributed by atoms with Crippen LogP contribution < -0.4 is 9.47 Å². The van der Waals surface area contributed by atoms with E-state index in [0.29, 0.717) is 29.9 Å². The van der Waals surface area contributed by atoms with Crippen molar-refractivity contribution >= 4 is 5.97 Å². The minimum Gasteiger partial charge on any atom is -0.489 e. The van der Waals surface area contributed by atoms with E-state index in [9.17, 15) is 9.18 Å². The van der Waals surface area contributed by atoms with Crippen molar-refractivity contribution < 1.29 is 23.4 Å². The Bertz CT molecular complexity index is 1350. The Labute approximate surface area is 243 Å². The maximum absolute atomic E-state index is 15.0. The summed E-state index contributed by atoms with van der Waals surface area (Å²) >= 11 is 0. The zero-order valence-electron chi connectivity index (χ0n) is 24.8. The summed E-state index contributed by atoms with van der Waals surface area (Å²) < 4.78 is 31.4. The highest BCUT2D eigenvalue weighted by Crippen LogP contribution is 2.51. The quantitative estimate of drug-likeness (QED) is 0.221. The summed E-state index contributed by atoms with van der Waals surface area (Å²) in [5.74, 6) is 1.73. The van der Waals surface area contributed by atoms with E-state index >= 15 is 0 Å². The molecule has 0 aliphatic heterocycles. The number of pyridine rings is 1. The van der Waals surface area contributed by atoms with Crippen molar-refractivity contribution in [2.24, 2.45) is 17.3 Å². The summed E-state index contributed by atoms with van der Waals surface area (Å²) in [5.41, 5.74) is 5.06. The van der Waals surface area contributed by atoms with E-state index in [0.717, 1.165) is 67.4 Å². The molecule has 0 amide bonds. The van der Waals surface area contributed by atoms with Crippen molar-refractivity contribution in [2.75, 3.05) is 14.2 Å². The van der Waals surface area contributed by atoms with Crippen LogP contribution in [0.2, 0.25) is 0 Å². The second-order valence-corrected chi connectivity index (χ2v) is 12.4. The van der Waals surface area contributed by atoms with E-state index in [1.165, 1.54) is 25.3 Å². The number of methoxy groups -OCH3 is 2. The van der Waals surface area contributed by atoms with Gasteiger partial charge in [-0.05, 0) is 96.6 Å². The van der Waals surface area contributed by atoms with Gasteiger partial charge in [-0.2, -0.15) is 0 Å². The van der Waals surface area contributed by atoms with Gasteiger partial charge in [0, 0.05) is 11.6 Å². The lowest BCUT2D eigenvalue weighted by molar-refractivity contribution is -0.151. The van der Waals surface area contributed by atoms with Gasteiger partial charge in [0.15, 0.2) is 0 Å². The molecule has 1 aromatic heterocycles. The number of ether oxygens (including phenoxy) is 3. The largest absolute Gasteiger partial charge is 0.489 e. The summed E-state index contributed by atoms with van der Waals surface area (Å²) in [6.45, 7) is 5.07. The van der Waals surface area contributed by atoms with E-state index in [1.807, 2.05) is 24.3 Å². The lowest BCUT2D eigenvalue weighted by Crippen LogP contribution is -2.33. The Morgan fingerprint density at radius 3 is 2.44 bits per heavy atom. The summed E-state index contributed by atoms with van der Waals surface area (Å²) in [4.78, 5) is 15.8. The summed E-state index contributed by atoms with van der Waals surface area (Å²) in [6, 6.07) is 16.3. The van der Waals surface area contributed by atoms with Crippen LogP contribution in [0.15, 0.2) is 54.7 Å². The summed E-state index contributed by atoms with van der Waals surface area (Å²) in [6.07, 6.45) is 9.84. The predicted octanol–water partition coefficient (Wildman–Crippen LogP) is 8.29. The molecular formula is C35H42FNO4. The second kappa shape index (κ2) is 12.6. The fourth-order valence-electron chi connectivity index (χ4n) is 6.74. The molecule has 41 heavy (non-hydrogen) atoms. The predicted molar refractivity (Wildman–Crippen MR) is 158 cm³/mol. The smallest absolute Gasteiger partial charge is 0.308 e. The van der Waals surface area contributed by atoms with Crippen LogP contribution in [0.5, 0.6) is 11.6 Å². The van der Waals surface area contributed by atoms with Crippen molar-refractivity contribution in [2.45, 2.75) is 77.7 Å². The number of carbonyl (C=O) groups excluding carboxylic acids is 1. The van der Waals surface area contributed by atoms with Crippen LogP contribution in [0.25, 0.3) is 11.1 Å². The normalized spacial score (nSPS) is 21.2. The molecule has 2 aromatic carbocycles.